The number of carboxylic acids is 1. The number of benzene rings is 2. The lowest BCUT2D eigenvalue weighted by Crippen LogP contribution is -2.14. The van der Waals surface area contributed by atoms with E-state index in [1.54, 1.807) is 0 Å². The molecule has 31 heavy (non-hydrogen) atoms. The van der Waals surface area contributed by atoms with E-state index in [1.165, 1.54) is 24.4 Å². The van der Waals surface area contributed by atoms with Crippen molar-refractivity contribution >= 4 is 39.3 Å². The lowest BCUT2D eigenvalue weighted by Gasteiger charge is -2.07. The first kappa shape index (κ1) is 20.5. The van der Waals surface area contributed by atoms with Crippen molar-refractivity contribution < 1.29 is 36.7 Å². The van der Waals surface area contributed by atoms with Gasteiger partial charge in [0.2, 0.25) is 0 Å². The third kappa shape index (κ3) is 3.52. The van der Waals surface area contributed by atoms with Crippen molar-refractivity contribution in [2.24, 2.45) is 0 Å². The molecule has 0 unspecified atom stereocenters. The van der Waals surface area contributed by atoms with Gasteiger partial charge in [-0.2, -0.15) is 0 Å². The van der Waals surface area contributed by atoms with Gasteiger partial charge in [0.1, 0.15) is 16.1 Å². The Bertz CT molecular complexity index is 1340. The molecule has 0 fully saturated rings. The number of amides is 1. The molecule has 2 N–H and O–H groups in total. The van der Waals surface area contributed by atoms with Gasteiger partial charge in [-0.15, -0.1) is 11.3 Å². The number of rotatable bonds is 4. The molecule has 2 aromatic carbocycles. The third-order valence-corrected chi connectivity index (χ3v) is 5.32. The molecule has 2 aromatic heterocycles. The van der Waals surface area contributed by atoms with Gasteiger partial charge < -0.3 is 14.8 Å². The maximum absolute atomic E-state index is 14.4. The Hall–Kier alpha value is -3.73. The minimum absolute atomic E-state index is 0.0470. The van der Waals surface area contributed by atoms with Crippen LogP contribution in [0.4, 0.5) is 22.6 Å². The standard InChI is InChI=1S/C20H10F4N2O4S/c1-7-2-3-8(16(24)15(7)23)9-6-31-19(14(9)20(28)29)26-17(27)18-25-12-4-10(21)11(22)5-13(12)30-18/h2-6H,1H3,(H,26,27)(H,28,29). The van der Waals surface area contributed by atoms with Gasteiger partial charge in [0.25, 0.3) is 5.89 Å². The minimum Gasteiger partial charge on any atom is -0.478 e. The molecule has 11 heteroatoms. The normalized spacial score (nSPS) is 11.1. The van der Waals surface area contributed by atoms with E-state index in [2.05, 4.69) is 10.3 Å². The number of nitrogens with one attached hydrogen (secondary N) is 1. The van der Waals surface area contributed by atoms with E-state index in [9.17, 15) is 32.3 Å². The van der Waals surface area contributed by atoms with Crippen LogP contribution in [0.2, 0.25) is 0 Å². The monoisotopic (exact) mass is 450 g/mol. The van der Waals surface area contributed by atoms with E-state index in [0.29, 0.717) is 0 Å². The SMILES string of the molecule is Cc1ccc(-c2csc(NC(=O)c3nc4cc(F)c(F)cc4o3)c2C(=O)O)c(F)c1F. The first-order valence-corrected chi connectivity index (χ1v) is 9.42. The maximum atomic E-state index is 14.4. The molecule has 4 rings (SSSR count). The fourth-order valence-corrected chi connectivity index (χ4v) is 3.84. The Kier molecular flexibility index (Phi) is 4.97. The van der Waals surface area contributed by atoms with Crippen LogP contribution < -0.4 is 5.32 Å². The summed E-state index contributed by atoms with van der Waals surface area (Å²) in [5, 5.41) is 12.9. The van der Waals surface area contributed by atoms with Crippen LogP contribution in [-0.2, 0) is 0 Å². The molecule has 0 saturated carbocycles. The van der Waals surface area contributed by atoms with E-state index in [4.69, 9.17) is 4.42 Å². The van der Waals surface area contributed by atoms with E-state index in [1.807, 2.05) is 0 Å². The zero-order chi connectivity index (χ0) is 22.4. The highest BCUT2D eigenvalue weighted by Crippen LogP contribution is 2.38. The van der Waals surface area contributed by atoms with Crippen LogP contribution in [0, 0.1) is 30.2 Å². The average Bonchev–Trinajstić information content (AvgIpc) is 3.31. The first-order chi connectivity index (χ1) is 14.7. The number of aromatic nitrogens is 1. The summed E-state index contributed by atoms with van der Waals surface area (Å²) in [5.74, 6) is -7.77. The van der Waals surface area contributed by atoms with E-state index in [-0.39, 0.29) is 32.8 Å². The summed E-state index contributed by atoms with van der Waals surface area (Å²) in [6.45, 7) is 1.36. The second-order valence-corrected chi connectivity index (χ2v) is 7.30. The van der Waals surface area contributed by atoms with Gasteiger partial charge in [0.05, 0.1) is 0 Å². The summed E-state index contributed by atoms with van der Waals surface area (Å²) < 4.78 is 60.0. The summed E-state index contributed by atoms with van der Waals surface area (Å²) in [6, 6.07) is 3.99. The van der Waals surface area contributed by atoms with Crippen LogP contribution in [0.3, 0.4) is 0 Å². The number of fused-ring (bicyclic) bond motifs is 1. The van der Waals surface area contributed by atoms with Gasteiger partial charge in [-0.05, 0) is 12.5 Å². The van der Waals surface area contributed by atoms with Gasteiger partial charge in [0, 0.05) is 28.6 Å². The Morgan fingerprint density at radius 1 is 1.06 bits per heavy atom. The number of hydrogen-bond acceptors (Lipinski definition) is 5. The number of carboxylic acid groups (broad SMARTS) is 1. The number of aromatic carboxylic acids is 1. The number of carbonyl (C=O) groups excluding carboxylic acids is 1. The number of oxazole rings is 1. The molecule has 0 aliphatic rings. The van der Waals surface area contributed by atoms with Crippen molar-refractivity contribution in [2.75, 3.05) is 5.32 Å². The van der Waals surface area contributed by atoms with Gasteiger partial charge in [-0.25, -0.2) is 27.3 Å². The second-order valence-electron chi connectivity index (χ2n) is 6.42. The van der Waals surface area contributed by atoms with Crippen molar-refractivity contribution in [3.05, 3.63) is 69.9 Å². The van der Waals surface area contributed by atoms with Crippen molar-refractivity contribution in [3.63, 3.8) is 0 Å². The van der Waals surface area contributed by atoms with Crippen LogP contribution in [0.25, 0.3) is 22.2 Å². The molecule has 0 bridgehead atoms. The largest absolute Gasteiger partial charge is 0.478 e. The Balaban J connectivity index is 1.72. The average molecular weight is 450 g/mol. The lowest BCUT2D eigenvalue weighted by molar-refractivity contribution is 0.0699. The number of halogens is 4. The van der Waals surface area contributed by atoms with Crippen molar-refractivity contribution in [3.8, 4) is 11.1 Å². The maximum Gasteiger partial charge on any atom is 0.339 e. The predicted molar refractivity (Wildman–Crippen MR) is 103 cm³/mol. The zero-order valence-electron chi connectivity index (χ0n) is 15.4. The quantitative estimate of drug-likeness (QED) is 0.408. The summed E-state index contributed by atoms with van der Waals surface area (Å²) in [5.41, 5.74) is -1.14. The van der Waals surface area contributed by atoms with Gasteiger partial charge in [-0.1, -0.05) is 12.1 Å². The summed E-state index contributed by atoms with van der Waals surface area (Å²) in [7, 11) is 0. The number of carbonyl (C=O) groups is 2. The molecule has 158 valence electrons. The summed E-state index contributed by atoms with van der Waals surface area (Å²) in [4.78, 5) is 28.0. The summed E-state index contributed by atoms with van der Waals surface area (Å²) in [6.07, 6.45) is 0. The first-order valence-electron chi connectivity index (χ1n) is 8.54. The number of aryl methyl sites for hydroxylation is 1. The third-order valence-electron chi connectivity index (χ3n) is 4.42. The molecule has 0 saturated heterocycles. The second kappa shape index (κ2) is 7.51. The highest BCUT2D eigenvalue weighted by atomic mass is 32.1. The molecule has 6 nitrogen and oxygen atoms in total. The fraction of sp³-hybridized carbons (Fsp3) is 0.0500. The minimum atomic E-state index is -1.49. The van der Waals surface area contributed by atoms with Crippen molar-refractivity contribution in [2.45, 2.75) is 6.92 Å². The Morgan fingerprint density at radius 3 is 2.48 bits per heavy atom. The molecular weight excluding hydrogens is 440 g/mol. The highest BCUT2D eigenvalue weighted by molar-refractivity contribution is 7.15. The number of thiophene rings is 1. The fourth-order valence-electron chi connectivity index (χ4n) is 2.89. The highest BCUT2D eigenvalue weighted by Gasteiger charge is 2.26. The lowest BCUT2D eigenvalue weighted by atomic mass is 10.0. The number of anilines is 1. The van der Waals surface area contributed by atoms with Crippen LogP contribution in [0.1, 0.15) is 26.6 Å². The van der Waals surface area contributed by atoms with Crippen molar-refractivity contribution in [1.82, 2.24) is 4.98 Å². The van der Waals surface area contributed by atoms with E-state index < -0.39 is 46.6 Å². The predicted octanol–water partition coefficient (Wildman–Crippen LogP) is 5.37. The molecule has 0 atom stereocenters. The summed E-state index contributed by atoms with van der Waals surface area (Å²) >= 11 is 0.762. The van der Waals surface area contributed by atoms with Gasteiger partial charge in [-0.3, -0.25) is 4.79 Å². The Morgan fingerprint density at radius 2 is 1.77 bits per heavy atom. The molecule has 0 aliphatic carbocycles. The molecule has 1 amide bonds. The van der Waals surface area contributed by atoms with E-state index in [0.717, 1.165) is 23.5 Å². The number of nitrogens with zero attached hydrogens (tertiary/aromatic N) is 1. The zero-order valence-corrected chi connectivity index (χ0v) is 16.2. The topological polar surface area (TPSA) is 92.4 Å². The smallest absolute Gasteiger partial charge is 0.339 e. The van der Waals surface area contributed by atoms with E-state index >= 15 is 0 Å². The Labute approximate surface area is 174 Å². The number of hydrogen-bond donors (Lipinski definition) is 2. The van der Waals surface area contributed by atoms with Crippen LogP contribution in [0.5, 0.6) is 0 Å². The molecular formula is C20H10F4N2O4S. The van der Waals surface area contributed by atoms with Crippen molar-refractivity contribution in [1.29, 1.82) is 0 Å². The van der Waals surface area contributed by atoms with Gasteiger partial charge >= 0.3 is 11.9 Å². The molecule has 0 spiro atoms. The molecule has 0 aliphatic heterocycles. The molecule has 0 radical (unpaired) electrons. The van der Waals surface area contributed by atoms with Crippen LogP contribution in [0.15, 0.2) is 34.1 Å². The van der Waals surface area contributed by atoms with Gasteiger partial charge in [0.15, 0.2) is 28.9 Å². The van der Waals surface area contributed by atoms with Crippen LogP contribution in [-0.4, -0.2) is 22.0 Å². The molecule has 4 aromatic rings. The molecule has 2 heterocycles. The van der Waals surface area contributed by atoms with Crippen LogP contribution >= 0.6 is 11.3 Å².